The number of carbonyl (C=O) groups is 1. The lowest BCUT2D eigenvalue weighted by Gasteiger charge is -2.15. The van der Waals surface area contributed by atoms with Gasteiger partial charge in [-0.1, -0.05) is 0 Å². The average Bonchev–Trinajstić information content (AvgIpc) is 2.99. The molecule has 1 fully saturated rings. The van der Waals surface area contributed by atoms with E-state index in [1.54, 1.807) is 0 Å². The van der Waals surface area contributed by atoms with Crippen molar-refractivity contribution in [3.8, 4) is 0 Å². The van der Waals surface area contributed by atoms with Crippen molar-refractivity contribution < 1.29 is 4.79 Å². The van der Waals surface area contributed by atoms with Crippen LogP contribution in [0.5, 0.6) is 0 Å². The predicted molar refractivity (Wildman–Crippen MR) is 77.1 cm³/mol. The molecule has 0 bridgehead atoms. The van der Waals surface area contributed by atoms with Crippen molar-refractivity contribution in [2.24, 2.45) is 0 Å². The normalized spacial score (nSPS) is 15.2. The fourth-order valence-corrected chi connectivity index (χ4v) is 2.92. The predicted octanol–water partition coefficient (Wildman–Crippen LogP) is 1.84. The second-order valence-electron chi connectivity index (χ2n) is 5.33. The van der Waals surface area contributed by atoms with Gasteiger partial charge in [-0.2, -0.15) is 0 Å². The molecule has 0 aliphatic carbocycles. The SMILES string of the molecule is CCn1c(C)cc(CNCC(=O)N2CCCC2)c1C. The number of nitrogens with one attached hydrogen (secondary N) is 1. The maximum atomic E-state index is 11.9. The first kappa shape index (κ1) is 14.1. The Bertz CT molecular complexity index is 444. The van der Waals surface area contributed by atoms with Gasteiger partial charge in [-0.15, -0.1) is 0 Å². The van der Waals surface area contributed by atoms with E-state index in [-0.39, 0.29) is 5.91 Å². The maximum absolute atomic E-state index is 11.9. The van der Waals surface area contributed by atoms with Crippen LogP contribution < -0.4 is 5.32 Å². The Labute approximate surface area is 115 Å². The topological polar surface area (TPSA) is 37.3 Å². The van der Waals surface area contributed by atoms with Crippen LogP contribution in [0.3, 0.4) is 0 Å². The quantitative estimate of drug-likeness (QED) is 0.880. The summed E-state index contributed by atoms with van der Waals surface area (Å²) in [6.07, 6.45) is 2.31. The minimum atomic E-state index is 0.238. The summed E-state index contributed by atoms with van der Waals surface area (Å²) in [5.74, 6) is 0.238. The Morgan fingerprint density at radius 3 is 2.58 bits per heavy atom. The Morgan fingerprint density at radius 1 is 1.32 bits per heavy atom. The van der Waals surface area contributed by atoms with Crippen LogP contribution in [0.1, 0.15) is 36.7 Å². The molecule has 4 heteroatoms. The fourth-order valence-electron chi connectivity index (χ4n) is 2.92. The third kappa shape index (κ3) is 3.18. The van der Waals surface area contributed by atoms with E-state index >= 15 is 0 Å². The summed E-state index contributed by atoms with van der Waals surface area (Å²) < 4.78 is 2.30. The molecule has 4 nitrogen and oxygen atoms in total. The van der Waals surface area contributed by atoms with Crippen molar-refractivity contribution in [2.75, 3.05) is 19.6 Å². The molecule has 2 rings (SSSR count). The number of carbonyl (C=O) groups excluding carboxylic acids is 1. The van der Waals surface area contributed by atoms with Crippen LogP contribution in [0.2, 0.25) is 0 Å². The molecule has 1 aromatic rings. The van der Waals surface area contributed by atoms with E-state index in [9.17, 15) is 4.79 Å². The second kappa shape index (κ2) is 6.24. The molecule has 1 saturated heterocycles. The van der Waals surface area contributed by atoms with Crippen molar-refractivity contribution in [1.29, 1.82) is 0 Å². The molecule has 1 aliphatic rings. The molecule has 0 aromatic carbocycles. The molecule has 1 aliphatic heterocycles. The third-order valence-electron chi connectivity index (χ3n) is 4.05. The zero-order chi connectivity index (χ0) is 13.8. The molecule has 0 atom stereocenters. The van der Waals surface area contributed by atoms with Crippen LogP contribution in [-0.2, 0) is 17.9 Å². The van der Waals surface area contributed by atoms with Gasteiger partial charge in [-0.25, -0.2) is 0 Å². The Kier molecular flexibility index (Phi) is 4.64. The number of aryl methyl sites for hydroxylation is 1. The lowest BCUT2D eigenvalue weighted by molar-refractivity contribution is -0.129. The summed E-state index contributed by atoms with van der Waals surface area (Å²) in [7, 11) is 0. The lowest BCUT2D eigenvalue weighted by Crippen LogP contribution is -2.36. The third-order valence-corrected chi connectivity index (χ3v) is 4.05. The van der Waals surface area contributed by atoms with Gasteiger partial charge in [0.25, 0.3) is 0 Å². The van der Waals surface area contributed by atoms with Crippen molar-refractivity contribution in [3.63, 3.8) is 0 Å². The number of rotatable bonds is 5. The van der Waals surface area contributed by atoms with Gasteiger partial charge < -0.3 is 14.8 Å². The van der Waals surface area contributed by atoms with E-state index in [0.717, 1.165) is 39.0 Å². The molecule has 0 unspecified atom stereocenters. The largest absolute Gasteiger partial charge is 0.349 e. The highest BCUT2D eigenvalue weighted by atomic mass is 16.2. The smallest absolute Gasteiger partial charge is 0.236 e. The zero-order valence-electron chi connectivity index (χ0n) is 12.3. The summed E-state index contributed by atoms with van der Waals surface area (Å²) in [6.45, 7) is 10.6. The van der Waals surface area contributed by atoms with E-state index in [0.29, 0.717) is 6.54 Å². The van der Waals surface area contributed by atoms with Crippen molar-refractivity contribution >= 4 is 5.91 Å². The van der Waals surface area contributed by atoms with Gasteiger partial charge in [0.2, 0.25) is 5.91 Å². The number of hydrogen-bond acceptors (Lipinski definition) is 2. The van der Waals surface area contributed by atoms with E-state index in [1.807, 2.05) is 4.90 Å². The molecular weight excluding hydrogens is 238 g/mol. The summed E-state index contributed by atoms with van der Waals surface area (Å²) >= 11 is 0. The molecule has 1 amide bonds. The van der Waals surface area contributed by atoms with Gasteiger partial charge in [0, 0.05) is 37.6 Å². The van der Waals surface area contributed by atoms with Gasteiger partial charge in [-0.05, 0) is 45.2 Å². The highest BCUT2D eigenvalue weighted by molar-refractivity contribution is 5.78. The minimum Gasteiger partial charge on any atom is -0.349 e. The highest BCUT2D eigenvalue weighted by Gasteiger charge is 2.17. The summed E-state index contributed by atoms with van der Waals surface area (Å²) in [6, 6.07) is 2.21. The monoisotopic (exact) mass is 263 g/mol. The van der Waals surface area contributed by atoms with Crippen molar-refractivity contribution in [3.05, 3.63) is 23.0 Å². The maximum Gasteiger partial charge on any atom is 0.236 e. The van der Waals surface area contributed by atoms with Crippen LogP contribution in [0, 0.1) is 13.8 Å². The van der Waals surface area contributed by atoms with Crippen molar-refractivity contribution in [1.82, 2.24) is 14.8 Å². The number of hydrogen-bond donors (Lipinski definition) is 1. The summed E-state index contributed by atoms with van der Waals surface area (Å²) in [5, 5.41) is 3.28. The first-order valence-corrected chi connectivity index (χ1v) is 7.27. The van der Waals surface area contributed by atoms with E-state index in [1.165, 1.54) is 17.0 Å². The van der Waals surface area contributed by atoms with E-state index < -0.39 is 0 Å². The number of amides is 1. The van der Waals surface area contributed by atoms with Gasteiger partial charge in [0.15, 0.2) is 0 Å². The fraction of sp³-hybridized carbons (Fsp3) is 0.667. The van der Waals surface area contributed by atoms with E-state index in [4.69, 9.17) is 0 Å². The molecular formula is C15H25N3O. The summed E-state index contributed by atoms with van der Waals surface area (Å²) in [5.41, 5.74) is 3.90. The second-order valence-corrected chi connectivity index (χ2v) is 5.33. The molecule has 19 heavy (non-hydrogen) atoms. The first-order chi connectivity index (χ1) is 9.13. The molecule has 0 radical (unpaired) electrons. The Hall–Kier alpha value is -1.29. The lowest BCUT2D eigenvalue weighted by atomic mass is 10.2. The molecule has 1 aromatic heterocycles. The minimum absolute atomic E-state index is 0.238. The van der Waals surface area contributed by atoms with Crippen LogP contribution in [-0.4, -0.2) is 35.0 Å². The number of aromatic nitrogens is 1. The van der Waals surface area contributed by atoms with Gasteiger partial charge in [-0.3, -0.25) is 4.79 Å². The standard InChI is InChI=1S/C15H25N3O/c1-4-18-12(2)9-14(13(18)3)10-16-11-15(19)17-7-5-6-8-17/h9,16H,4-8,10-11H2,1-3H3. The highest BCUT2D eigenvalue weighted by Crippen LogP contribution is 2.14. The molecule has 0 spiro atoms. The van der Waals surface area contributed by atoms with Crippen LogP contribution in [0.25, 0.3) is 0 Å². The number of likely N-dealkylation sites (tertiary alicyclic amines) is 1. The molecule has 0 saturated carbocycles. The average molecular weight is 263 g/mol. The molecule has 1 N–H and O–H groups in total. The van der Waals surface area contributed by atoms with Crippen LogP contribution in [0.4, 0.5) is 0 Å². The Balaban J connectivity index is 1.84. The van der Waals surface area contributed by atoms with Crippen LogP contribution >= 0.6 is 0 Å². The van der Waals surface area contributed by atoms with Crippen molar-refractivity contribution in [2.45, 2.75) is 46.7 Å². The van der Waals surface area contributed by atoms with Gasteiger partial charge in [0.05, 0.1) is 6.54 Å². The molecule has 2 heterocycles. The number of nitrogens with zero attached hydrogens (tertiary/aromatic N) is 2. The summed E-state index contributed by atoms with van der Waals surface area (Å²) in [4.78, 5) is 13.9. The Morgan fingerprint density at radius 2 is 2.00 bits per heavy atom. The van der Waals surface area contributed by atoms with Crippen LogP contribution in [0.15, 0.2) is 6.07 Å². The van der Waals surface area contributed by atoms with E-state index in [2.05, 4.69) is 36.7 Å². The zero-order valence-corrected chi connectivity index (χ0v) is 12.3. The molecule has 106 valence electrons. The van der Waals surface area contributed by atoms with Gasteiger partial charge in [0.1, 0.15) is 0 Å². The first-order valence-electron chi connectivity index (χ1n) is 7.27. The van der Waals surface area contributed by atoms with Gasteiger partial charge >= 0.3 is 0 Å².